The van der Waals surface area contributed by atoms with E-state index >= 15 is 0 Å². The third kappa shape index (κ3) is 5.76. The van der Waals surface area contributed by atoms with E-state index in [1.807, 2.05) is 0 Å². The van der Waals surface area contributed by atoms with Gasteiger partial charge in [-0.1, -0.05) is 92.5 Å². The van der Waals surface area contributed by atoms with Crippen LogP contribution in [0.25, 0.3) is 32.3 Å². The summed E-state index contributed by atoms with van der Waals surface area (Å²) in [6, 6.07) is 57.0. The molecule has 0 bridgehead atoms. The quantitative estimate of drug-likeness (QED) is 0.167. The first-order valence-electron chi connectivity index (χ1n) is 16.1. The van der Waals surface area contributed by atoms with Crippen LogP contribution in [0.5, 0.6) is 0 Å². The predicted molar refractivity (Wildman–Crippen MR) is 213 cm³/mol. The number of aryl methyl sites for hydroxylation is 2. The second kappa shape index (κ2) is 12.6. The summed E-state index contributed by atoms with van der Waals surface area (Å²) in [5, 5.41) is 7.32. The third-order valence-corrected chi connectivity index (χ3v) is 10.1. The topological polar surface area (TPSA) is 6.48 Å². The van der Waals surface area contributed by atoms with E-state index in [1.54, 1.807) is 0 Å². The molecule has 0 saturated heterocycles. The van der Waals surface area contributed by atoms with E-state index in [-0.39, 0.29) is 0 Å². The van der Waals surface area contributed by atoms with E-state index in [4.69, 9.17) is 0 Å². The van der Waals surface area contributed by atoms with Gasteiger partial charge >= 0.3 is 0 Å². The van der Waals surface area contributed by atoms with E-state index in [0.717, 1.165) is 43.1 Å². The Kier molecular flexibility index (Phi) is 7.99. The van der Waals surface area contributed by atoms with Crippen molar-refractivity contribution in [2.45, 2.75) is 13.8 Å². The summed E-state index contributed by atoms with van der Waals surface area (Å²) in [7, 11) is 0. The van der Waals surface area contributed by atoms with Crippen LogP contribution in [0.2, 0.25) is 0 Å². The summed E-state index contributed by atoms with van der Waals surface area (Å²) in [5.74, 6) is 0. The number of para-hydroxylation sites is 2. The van der Waals surface area contributed by atoms with Gasteiger partial charge in [0.25, 0.3) is 0 Å². The molecular formula is C44H32Br2N2. The fourth-order valence-corrected chi connectivity index (χ4v) is 7.54. The van der Waals surface area contributed by atoms with Crippen molar-refractivity contribution in [2.24, 2.45) is 0 Å². The van der Waals surface area contributed by atoms with Gasteiger partial charge in [-0.25, -0.2) is 0 Å². The molecule has 232 valence electrons. The van der Waals surface area contributed by atoms with E-state index in [1.165, 1.54) is 43.4 Å². The third-order valence-electron chi connectivity index (χ3n) is 9.09. The van der Waals surface area contributed by atoms with Crippen molar-refractivity contribution in [3.05, 3.63) is 178 Å². The standard InChI is InChI=1S/C44H32Br2N2/c1-29-21-41(47(37-9-5-3-6-10-37)39-19-15-31-23-35(45)17-13-33(31)25-39)28-44-30(2)22-42(27-43(29)44)48(38-11-7-4-8-12-38)40-20-16-32-24-36(46)18-14-34(32)26-40/h3-28H,1-2H3. The molecule has 0 aliphatic rings. The van der Waals surface area contributed by atoms with Gasteiger partial charge in [-0.15, -0.1) is 0 Å². The average molecular weight is 749 g/mol. The van der Waals surface area contributed by atoms with Crippen molar-refractivity contribution >= 4 is 98.3 Å². The maximum absolute atomic E-state index is 3.63. The molecule has 8 rings (SSSR count). The lowest BCUT2D eigenvalue weighted by atomic mass is 9.97. The molecule has 0 aliphatic carbocycles. The van der Waals surface area contributed by atoms with Gasteiger partial charge in [0, 0.05) is 43.1 Å². The predicted octanol–water partition coefficient (Wildman–Crippen LogP) is 14.2. The van der Waals surface area contributed by atoms with Gasteiger partial charge in [0.15, 0.2) is 0 Å². The minimum Gasteiger partial charge on any atom is -0.310 e. The van der Waals surface area contributed by atoms with Crippen molar-refractivity contribution in [1.29, 1.82) is 0 Å². The van der Waals surface area contributed by atoms with Crippen molar-refractivity contribution in [3.8, 4) is 0 Å². The van der Waals surface area contributed by atoms with Crippen molar-refractivity contribution in [2.75, 3.05) is 9.80 Å². The fraction of sp³-hybridized carbons (Fsp3) is 0.0455. The zero-order valence-electron chi connectivity index (χ0n) is 26.7. The Bertz CT molecular complexity index is 2280. The maximum atomic E-state index is 3.63. The fourth-order valence-electron chi connectivity index (χ4n) is 6.78. The van der Waals surface area contributed by atoms with Crippen LogP contribution in [0.4, 0.5) is 34.1 Å². The lowest BCUT2D eigenvalue weighted by molar-refractivity contribution is 1.27. The molecule has 48 heavy (non-hydrogen) atoms. The van der Waals surface area contributed by atoms with E-state index in [9.17, 15) is 0 Å². The highest BCUT2D eigenvalue weighted by Gasteiger charge is 2.19. The van der Waals surface area contributed by atoms with Crippen LogP contribution in [0.3, 0.4) is 0 Å². The minimum absolute atomic E-state index is 1.09. The van der Waals surface area contributed by atoms with Gasteiger partial charge in [0.2, 0.25) is 0 Å². The SMILES string of the molecule is Cc1cc(N(c2ccccc2)c2ccc3cc(Br)ccc3c2)cc2c(C)cc(N(c3ccccc3)c3ccc4cc(Br)ccc4c3)cc12. The number of anilines is 6. The first-order chi connectivity index (χ1) is 23.4. The van der Waals surface area contributed by atoms with E-state index in [0.29, 0.717) is 0 Å². The molecule has 2 nitrogen and oxygen atoms in total. The van der Waals surface area contributed by atoms with Gasteiger partial charge in [-0.05, 0) is 154 Å². The van der Waals surface area contributed by atoms with Crippen LogP contribution in [0.1, 0.15) is 11.1 Å². The molecule has 0 fully saturated rings. The van der Waals surface area contributed by atoms with E-state index in [2.05, 4.69) is 213 Å². The molecule has 0 atom stereocenters. The molecule has 0 spiro atoms. The highest BCUT2D eigenvalue weighted by Crippen LogP contribution is 2.43. The van der Waals surface area contributed by atoms with Gasteiger partial charge in [0.05, 0.1) is 0 Å². The number of rotatable bonds is 6. The summed E-state index contributed by atoms with van der Waals surface area (Å²) in [4.78, 5) is 4.73. The number of benzene rings is 8. The van der Waals surface area contributed by atoms with Crippen LogP contribution in [-0.4, -0.2) is 0 Å². The number of nitrogens with zero attached hydrogens (tertiary/aromatic N) is 2. The molecule has 0 unspecified atom stereocenters. The molecule has 0 heterocycles. The number of hydrogen-bond acceptors (Lipinski definition) is 2. The summed E-state index contributed by atoms with van der Waals surface area (Å²) in [6.45, 7) is 4.47. The normalized spacial score (nSPS) is 11.3. The molecule has 0 amide bonds. The zero-order valence-corrected chi connectivity index (χ0v) is 29.8. The second-order valence-electron chi connectivity index (χ2n) is 12.3. The smallest absolute Gasteiger partial charge is 0.0470 e. The Morgan fingerprint density at radius 1 is 0.333 bits per heavy atom. The molecule has 4 heteroatoms. The Balaban J connectivity index is 1.28. The average Bonchev–Trinajstić information content (AvgIpc) is 3.10. The Hall–Kier alpha value is -4.90. The minimum atomic E-state index is 1.09. The maximum Gasteiger partial charge on any atom is 0.0470 e. The van der Waals surface area contributed by atoms with Crippen LogP contribution >= 0.6 is 31.9 Å². The van der Waals surface area contributed by atoms with Crippen LogP contribution < -0.4 is 9.80 Å². The summed E-state index contributed by atoms with van der Waals surface area (Å²) in [6.07, 6.45) is 0. The van der Waals surface area contributed by atoms with Gasteiger partial charge in [-0.2, -0.15) is 0 Å². The highest BCUT2D eigenvalue weighted by atomic mass is 79.9. The van der Waals surface area contributed by atoms with Gasteiger partial charge < -0.3 is 9.80 Å². The monoisotopic (exact) mass is 746 g/mol. The summed E-state index contributed by atoms with van der Waals surface area (Å²) >= 11 is 7.26. The van der Waals surface area contributed by atoms with E-state index < -0.39 is 0 Å². The van der Waals surface area contributed by atoms with Gasteiger partial charge in [0.1, 0.15) is 0 Å². The molecular weight excluding hydrogens is 716 g/mol. The van der Waals surface area contributed by atoms with Crippen LogP contribution in [0.15, 0.2) is 167 Å². The first-order valence-corrected chi connectivity index (χ1v) is 17.6. The second-order valence-corrected chi connectivity index (χ2v) is 14.1. The molecule has 0 saturated carbocycles. The molecule has 0 N–H and O–H groups in total. The Labute approximate surface area is 298 Å². The summed E-state index contributed by atoms with van der Waals surface area (Å²) < 4.78 is 2.17. The molecule has 8 aromatic carbocycles. The molecule has 0 aliphatic heterocycles. The number of halogens is 2. The zero-order chi connectivity index (χ0) is 32.8. The Morgan fingerprint density at radius 3 is 1.12 bits per heavy atom. The lowest BCUT2D eigenvalue weighted by Gasteiger charge is -2.28. The number of hydrogen-bond donors (Lipinski definition) is 0. The van der Waals surface area contributed by atoms with Crippen molar-refractivity contribution in [3.63, 3.8) is 0 Å². The van der Waals surface area contributed by atoms with Crippen LogP contribution in [-0.2, 0) is 0 Å². The molecule has 8 aromatic rings. The number of fused-ring (bicyclic) bond motifs is 3. The largest absolute Gasteiger partial charge is 0.310 e. The highest BCUT2D eigenvalue weighted by molar-refractivity contribution is 9.10. The molecule has 0 aromatic heterocycles. The van der Waals surface area contributed by atoms with Crippen LogP contribution in [0, 0.1) is 13.8 Å². The Morgan fingerprint density at radius 2 is 0.708 bits per heavy atom. The van der Waals surface area contributed by atoms with Crippen molar-refractivity contribution < 1.29 is 0 Å². The first kappa shape index (κ1) is 30.4. The summed E-state index contributed by atoms with van der Waals surface area (Å²) in [5.41, 5.74) is 9.24. The van der Waals surface area contributed by atoms with Crippen molar-refractivity contribution in [1.82, 2.24) is 0 Å². The van der Waals surface area contributed by atoms with Gasteiger partial charge in [-0.3, -0.25) is 0 Å². The lowest BCUT2D eigenvalue weighted by Crippen LogP contribution is -2.11. The molecule has 0 radical (unpaired) electrons.